The molecule has 0 aliphatic heterocycles. The van der Waals surface area contributed by atoms with E-state index in [0.717, 1.165) is 61.4 Å². The lowest BCUT2D eigenvalue weighted by Crippen LogP contribution is -2.30. The Morgan fingerprint density at radius 1 is 0.698 bits per heavy atom. The highest BCUT2D eigenvalue weighted by atomic mass is 16.4. The zero-order chi connectivity index (χ0) is 36.9. The van der Waals surface area contributed by atoms with E-state index >= 15 is 0 Å². The number of furan rings is 1. The van der Waals surface area contributed by atoms with Crippen LogP contribution in [0.3, 0.4) is 0 Å². The summed E-state index contributed by atoms with van der Waals surface area (Å²) in [7, 11) is 2.20. The molecule has 3 heterocycles. The van der Waals surface area contributed by atoms with Gasteiger partial charge in [0.15, 0.2) is 22.2 Å². The number of rotatable bonds is 5. The Hall–Kier alpha value is -5.68. The highest BCUT2D eigenvalue weighted by Gasteiger charge is 2.37. The number of aryl methyl sites for hydroxylation is 2. The van der Waals surface area contributed by atoms with Gasteiger partial charge in [0.2, 0.25) is 5.89 Å². The summed E-state index contributed by atoms with van der Waals surface area (Å²) in [5.41, 5.74) is 13.7. The van der Waals surface area contributed by atoms with Crippen molar-refractivity contribution in [1.29, 1.82) is 0 Å². The quantitative estimate of drug-likeness (QED) is 0.168. The van der Waals surface area contributed by atoms with Crippen molar-refractivity contribution in [3.05, 3.63) is 126 Å². The number of imidazole rings is 1. The van der Waals surface area contributed by atoms with Crippen molar-refractivity contribution in [2.24, 2.45) is 7.05 Å². The van der Waals surface area contributed by atoms with Crippen LogP contribution in [0, 0.1) is 6.92 Å². The number of aromatic nitrogens is 3. The molecule has 0 aliphatic rings. The van der Waals surface area contributed by atoms with Crippen molar-refractivity contribution in [2.75, 3.05) is 0 Å². The molecule has 6 aromatic carbocycles. The maximum absolute atomic E-state index is 6.97. The summed E-state index contributed by atoms with van der Waals surface area (Å²) in [5.74, 6) is 2.26. The van der Waals surface area contributed by atoms with Crippen LogP contribution in [0.2, 0.25) is 0 Å². The van der Waals surface area contributed by atoms with Crippen LogP contribution < -0.4 is 4.57 Å². The van der Waals surface area contributed by atoms with E-state index in [2.05, 4.69) is 169 Å². The first-order chi connectivity index (χ1) is 25.4. The molecule has 0 aliphatic carbocycles. The van der Waals surface area contributed by atoms with Crippen LogP contribution >= 0.6 is 0 Å². The summed E-state index contributed by atoms with van der Waals surface area (Å²) >= 11 is 0. The first kappa shape index (κ1) is 33.2. The fraction of sp³-hybridized carbons (Fsp3) is 0.250. The van der Waals surface area contributed by atoms with E-state index in [1.54, 1.807) is 0 Å². The van der Waals surface area contributed by atoms with E-state index in [9.17, 15) is 0 Å². The summed E-state index contributed by atoms with van der Waals surface area (Å²) in [4.78, 5) is 5.25. The van der Waals surface area contributed by atoms with Crippen LogP contribution in [0.4, 0.5) is 0 Å². The van der Waals surface area contributed by atoms with Gasteiger partial charge >= 0.3 is 0 Å². The van der Waals surface area contributed by atoms with Gasteiger partial charge in [-0.3, -0.25) is 0 Å². The molecule has 5 nitrogen and oxygen atoms in total. The predicted octanol–water partition coefficient (Wildman–Crippen LogP) is 12.8. The lowest BCUT2D eigenvalue weighted by molar-refractivity contribution is -0.633. The normalized spacial score (nSPS) is 12.6. The maximum Gasteiger partial charge on any atom is 0.299 e. The van der Waals surface area contributed by atoms with E-state index in [-0.39, 0.29) is 17.3 Å². The van der Waals surface area contributed by atoms with Gasteiger partial charge in [-0.1, -0.05) is 115 Å². The zero-order valence-corrected chi connectivity index (χ0v) is 32.1. The Morgan fingerprint density at radius 2 is 1.34 bits per heavy atom. The van der Waals surface area contributed by atoms with E-state index in [1.807, 2.05) is 6.07 Å². The number of oxazole rings is 1. The molecule has 0 bridgehead atoms. The number of nitrogens with zero attached hydrogens (tertiary/aromatic N) is 3. The third-order valence-electron chi connectivity index (χ3n) is 11.0. The van der Waals surface area contributed by atoms with Gasteiger partial charge < -0.3 is 8.83 Å². The van der Waals surface area contributed by atoms with Gasteiger partial charge in [0.1, 0.15) is 22.4 Å². The molecule has 264 valence electrons. The number of hydrogen-bond donors (Lipinski definition) is 0. The van der Waals surface area contributed by atoms with Gasteiger partial charge in [0.25, 0.3) is 5.82 Å². The molecule has 9 rings (SSSR count). The number of benzene rings is 6. The van der Waals surface area contributed by atoms with Gasteiger partial charge in [-0.05, 0) is 77.2 Å². The van der Waals surface area contributed by atoms with Crippen LogP contribution in [0.5, 0.6) is 0 Å². The van der Waals surface area contributed by atoms with Crippen molar-refractivity contribution in [2.45, 2.75) is 72.6 Å². The van der Waals surface area contributed by atoms with Crippen LogP contribution in [-0.2, 0) is 12.5 Å². The molecule has 9 aromatic rings. The Morgan fingerprint density at radius 3 is 2.02 bits per heavy atom. The van der Waals surface area contributed by atoms with E-state index in [4.69, 9.17) is 13.8 Å². The van der Waals surface area contributed by atoms with Gasteiger partial charge in [-0.15, -0.1) is 0 Å². The summed E-state index contributed by atoms with van der Waals surface area (Å²) < 4.78 is 18.6. The van der Waals surface area contributed by atoms with E-state index in [1.165, 1.54) is 44.2 Å². The van der Waals surface area contributed by atoms with Crippen molar-refractivity contribution in [3.63, 3.8) is 0 Å². The molecule has 0 spiro atoms. The van der Waals surface area contributed by atoms with E-state index < -0.39 is 0 Å². The second-order valence-corrected chi connectivity index (χ2v) is 16.3. The first-order valence-corrected chi connectivity index (χ1v) is 18.8. The van der Waals surface area contributed by atoms with Gasteiger partial charge in [-0.2, -0.15) is 4.57 Å². The molecule has 0 amide bonds. The molecule has 0 atom stereocenters. The van der Waals surface area contributed by atoms with Crippen LogP contribution in [0.1, 0.15) is 82.9 Å². The monoisotopic (exact) mass is 696 g/mol. The van der Waals surface area contributed by atoms with Crippen LogP contribution in [0.25, 0.3) is 83.0 Å². The Labute approximate surface area is 310 Å². The summed E-state index contributed by atoms with van der Waals surface area (Å²) in [6.45, 7) is 17.9. The average Bonchev–Trinajstić information content (AvgIpc) is 3.84. The molecule has 3 aromatic heterocycles. The summed E-state index contributed by atoms with van der Waals surface area (Å²) in [5, 5.41) is 4.41. The Balaban J connectivity index is 1.53. The third-order valence-corrected chi connectivity index (χ3v) is 11.0. The topological polar surface area (TPSA) is 48.0 Å². The number of para-hydroxylation sites is 1. The summed E-state index contributed by atoms with van der Waals surface area (Å²) in [6.07, 6.45) is 0. The van der Waals surface area contributed by atoms with Gasteiger partial charge in [0.05, 0.1) is 12.4 Å². The smallest absolute Gasteiger partial charge is 0.299 e. The van der Waals surface area contributed by atoms with Crippen LogP contribution in [-0.4, -0.2) is 9.55 Å². The second kappa shape index (κ2) is 11.9. The van der Waals surface area contributed by atoms with Crippen molar-refractivity contribution in [1.82, 2.24) is 9.55 Å². The molecule has 0 N–H and O–H groups in total. The minimum absolute atomic E-state index is 0.247. The van der Waals surface area contributed by atoms with Gasteiger partial charge in [-0.25, -0.2) is 9.55 Å². The Bertz CT molecular complexity index is 2860. The molecular weight excluding hydrogens is 651 g/mol. The van der Waals surface area contributed by atoms with Crippen molar-refractivity contribution in [3.8, 4) is 28.2 Å². The number of fused-ring (bicyclic) bond motifs is 8. The fourth-order valence-electron chi connectivity index (χ4n) is 8.30. The Kier molecular flexibility index (Phi) is 7.46. The lowest BCUT2D eigenvalue weighted by atomic mass is 9.88. The molecule has 0 saturated carbocycles. The van der Waals surface area contributed by atoms with Crippen LogP contribution in [0.15, 0.2) is 112 Å². The molecule has 5 heteroatoms. The predicted molar refractivity (Wildman–Crippen MR) is 219 cm³/mol. The zero-order valence-electron chi connectivity index (χ0n) is 32.1. The number of hydrogen-bond acceptors (Lipinski definition) is 3. The molecule has 53 heavy (non-hydrogen) atoms. The molecule has 0 radical (unpaired) electrons. The first-order valence-electron chi connectivity index (χ1n) is 18.8. The summed E-state index contributed by atoms with van der Waals surface area (Å²) in [6, 6.07) is 37.2. The molecular formula is C48H46N3O2+. The highest BCUT2D eigenvalue weighted by Crippen LogP contribution is 2.47. The lowest BCUT2D eigenvalue weighted by Gasteiger charge is -2.21. The van der Waals surface area contributed by atoms with Gasteiger partial charge in [0, 0.05) is 27.3 Å². The SMILES string of the molecule is Cc1c(-c2n(-c3c(C(C)C)cc(-c4ccccc4)cc3C(C)C)c3c4ccccc4ccc3[n+]2C)c2oc3ccccc3c2c2oc(C(C)(C)C)nc12. The molecule has 0 fully saturated rings. The van der Waals surface area contributed by atoms with Crippen molar-refractivity contribution >= 4 is 54.8 Å². The average molecular weight is 697 g/mol. The standard InChI is InChI=1S/C48H46N3O2/c1-27(2)35-25-32(30-17-11-10-12-18-30)26-36(28(3)4)42(35)51-43-33-20-14-13-19-31(33)23-24-37(43)50(9)46(51)39-29(5)41-45(53-47(49-41)48(6,7)8)40-34-21-15-16-22-38(34)52-44(39)40/h10-28H,1-9H3/q+1. The second-order valence-electron chi connectivity index (χ2n) is 16.3. The largest absolute Gasteiger partial charge is 0.455 e. The molecule has 0 saturated heterocycles. The minimum atomic E-state index is -0.269. The van der Waals surface area contributed by atoms with E-state index in [0.29, 0.717) is 0 Å². The van der Waals surface area contributed by atoms with Crippen molar-refractivity contribution < 1.29 is 13.4 Å². The third kappa shape index (κ3) is 4.97. The highest BCUT2D eigenvalue weighted by molar-refractivity contribution is 6.21. The minimum Gasteiger partial charge on any atom is -0.455 e. The maximum atomic E-state index is 6.97. The molecule has 0 unspecified atom stereocenters. The fourth-order valence-corrected chi connectivity index (χ4v) is 8.30.